The summed E-state index contributed by atoms with van der Waals surface area (Å²) in [5.74, 6) is 1.83. The number of carbonyl (C=O) groups is 1. The highest BCUT2D eigenvalue weighted by Gasteiger charge is 2.33. The molecule has 4 nitrogen and oxygen atoms in total. The van der Waals surface area contributed by atoms with Gasteiger partial charge < -0.3 is 14.6 Å². The molecule has 0 amide bonds. The third-order valence-electron chi connectivity index (χ3n) is 4.94. The van der Waals surface area contributed by atoms with E-state index in [1.165, 1.54) is 5.56 Å². The zero-order valence-corrected chi connectivity index (χ0v) is 14.7. The predicted molar refractivity (Wildman–Crippen MR) is 103 cm³/mol. The largest absolute Gasteiger partial charge is 0.508 e. The molecule has 0 unspecified atom stereocenters. The van der Waals surface area contributed by atoms with E-state index < -0.39 is 0 Å². The number of phenols is 1. The lowest BCUT2D eigenvalue weighted by Crippen LogP contribution is -2.25. The van der Waals surface area contributed by atoms with E-state index >= 15 is 0 Å². The molecule has 1 aliphatic rings. The van der Waals surface area contributed by atoms with Crippen LogP contribution in [0.2, 0.25) is 0 Å². The lowest BCUT2D eigenvalue weighted by molar-refractivity contribution is -0.109. The summed E-state index contributed by atoms with van der Waals surface area (Å²) in [7, 11) is 0. The average Bonchev–Trinajstić information content (AvgIpc) is 2.72. The minimum atomic E-state index is 0.0470. The van der Waals surface area contributed by atoms with Crippen LogP contribution in [-0.2, 0) is 4.79 Å². The Labute approximate surface area is 158 Å². The number of benzene rings is 3. The molecule has 0 fully saturated rings. The Hall–Kier alpha value is -3.27. The molecule has 0 spiro atoms. The van der Waals surface area contributed by atoms with Crippen LogP contribution in [0.3, 0.4) is 0 Å². The smallest absolute Gasteiger partial charge is 0.157 e. The topological polar surface area (TPSA) is 55.8 Å². The summed E-state index contributed by atoms with van der Waals surface area (Å²) < 4.78 is 11.3. The number of carbonyl (C=O) groups excluding carboxylic acids is 1. The van der Waals surface area contributed by atoms with E-state index in [0.29, 0.717) is 18.1 Å². The number of hydrogen-bond acceptors (Lipinski definition) is 4. The third kappa shape index (κ3) is 3.51. The second-order valence-corrected chi connectivity index (χ2v) is 6.57. The molecule has 3 aromatic rings. The Morgan fingerprint density at radius 1 is 1.00 bits per heavy atom. The summed E-state index contributed by atoms with van der Waals surface area (Å²) in [6, 6.07) is 23.5. The van der Waals surface area contributed by atoms with E-state index in [4.69, 9.17) is 9.47 Å². The molecular formula is C23H20O4. The van der Waals surface area contributed by atoms with Gasteiger partial charge in [-0.3, -0.25) is 4.79 Å². The first-order valence-electron chi connectivity index (χ1n) is 8.93. The van der Waals surface area contributed by atoms with Crippen LogP contribution in [0.15, 0.2) is 72.8 Å². The monoisotopic (exact) mass is 360 g/mol. The van der Waals surface area contributed by atoms with Crippen molar-refractivity contribution in [1.29, 1.82) is 0 Å². The van der Waals surface area contributed by atoms with Crippen LogP contribution < -0.4 is 9.47 Å². The summed E-state index contributed by atoms with van der Waals surface area (Å²) in [6.07, 6.45) is 0.737. The van der Waals surface area contributed by atoms with Gasteiger partial charge in [0.1, 0.15) is 23.9 Å². The number of aromatic hydroxyl groups is 1. The highest BCUT2D eigenvalue weighted by Crippen LogP contribution is 2.47. The van der Waals surface area contributed by atoms with E-state index in [2.05, 4.69) is 12.1 Å². The molecule has 0 bridgehead atoms. The summed E-state index contributed by atoms with van der Waals surface area (Å²) in [4.78, 5) is 10.5. The Balaban J connectivity index is 1.75. The molecule has 0 radical (unpaired) electrons. The Morgan fingerprint density at radius 3 is 2.52 bits per heavy atom. The van der Waals surface area contributed by atoms with Gasteiger partial charge in [0.05, 0.1) is 6.61 Å². The van der Waals surface area contributed by atoms with Crippen molar-refractivity contribution in [2.45, 2.75) is 11.8 Å². The normalized spacial score (nSPS) is 18.2. The lowest BCUT2D eigenvalue weighted by Gasteiger charge is -2.34. The molecule has 2 atom stereocenters. The minimum Gasteiger partial charge on any atom is -0.508 e. The molecule has 27 heavy (non-hydrogen) atoms. The van der Waals surface area contributed by atoms with Gasteiger partial charge in [-0.1, -0.05) is 48.5 Å². The van der Waals surface area contributed by atoms with Gasteiger partial charge in [-0.05, 0) is 29.3 Å². The number of aldehydes is 1. The molecule has 3 aromatic carbocycles. The second kappa shape index (κ2) is 7.54. The SMILES string of the molecule is O=CCOc1ccc([C@@H]2c3ccc(O)cc3OC[C@@H]2c2ccccc2)cc1. The molecule has 4 rings (SSSR count). The molecule has 0 saturated carbocycles. The molecule has 1 aliphatic heterocycles. The van der Waals surface area contributed by atoms with Crippen LogP contribution >= 0.6 is 0 Å². The van der Waals surface area contributed by atoms with Gasteiger partial charge >= 0.3 is 0 Å². The van der Waals surface area contributed by atoms with Gasteiger partial charge in [-0.2, -0.15) is 0 Å². The van der Waals surface area contributed by atoms with Crippen LogP contribution in [0.4, 0.5) is 0 Å². The Kier molecular flexibility index (Phi) is 4.79. The summed E-state index contributed by atoms with van der Waals surface area (Å²) in [5, 5.41) is 9.82. The molecule has 136 valence electrons. The number of ether oxygens (including phenoxy) is 2. The maximum absolute atomic E-state index is 10.5. The molecule has 0 saturated heterocycles. The summed E-state index contributed by atoms with van der Waals surface area (Å²) >= 11 is 0. The van der Waals surface area contributed by atoms with Crippen molar-refractivity contribution in [2.24, 2.45) is 0 Å². The maximum atomic E-state index is 10.5. The zero-order chi connectivity index (χ0) is 18.6. The zero-order valence-electron chi connectivity index (χ0n) is 14.7. The fourth-order valence-electron chi connectivity index (χ4n) is 3.70. The first-order valence-corrected chi connectivity index (χ1v) is 8.93. The number of rotatable bonds is 5. The first-order chi connectivity index (χ1) is 13.3. The molecular weight excluding hydrogens is 340 g/mol. The molecule has 4 heteroatoms. The summed E-state index contributed by atoms with van der Waals surface area (Å²) in [6.45, 7) is 0.583. The van der Waals surface area contributed by atoms with E-state index in [-0.39, 0.29) is 24.2 Å². The fraction of sp³-hybridized carbons (Fsp3) is 0.174. The van der Waals surface area contributed by atoms with Crippen molar-refractivity contribution in [2.75, 3.05) is 13.2 Å². The van der Waals surface area contributed by atoms with Gasteiger partial charge in [-0.15, -0.1) is 0 Å². The quantitative estimate of drug-likeness (QED) is 0.690. The highest BCUT2D eigenvalue weighted by atomic mass is 16.5. The molecule has 1 heterocycles. The van der Waals surface area contributed by atoms with E-state index in [1.807, 2.05) is 48.5 Å². The third-order valence-corrected chi connectivity index (χ3v) is 4.94. The standard InChI is InChI=1S/C23H20O4/c24-12-13-26-19-9-6-17(7-10-19)23-20-11-8-18(25)14-22(20)27-15-21(23)16-4-2-1-3-5-16/h1-12,14,21,23,25H,13,15H2/t21-,23-/m1/s1. The van der Waals surface area contributed by atoms with Gasteiger partial charge in [0.15, 0.2) is 6.29 Å². The van der Waals surface area contributed by atoms with Crippen LogP contribution in [0.5, 0.6) is 17.2 Å². The van der Waals surface area contributed by atoms with Crippen LogP contribution in [0.1, 0.15) is 28.5 Å². The number of fused-ring (bicyclic) bond motifs is 1. The highest BCUT2D eigenvalue weighted by molar-refractivity contribution is 5.52. The van der Waals surface area contributed by atoms with Crippen LogP contribution in [0.25, 0.3) is 0 Å². The van der Waals surface area contributed by atoms with Crippen molar-refractivity contribution in [3.63, 3.8) is 0 Å². The molecule has 1 N–H and O–H groups in total. The Morgan fingerprint density at radius 2 is 1.78 bits per heavy atom. The van der Waals surface area contributed by atoms with Gasteiger partial charge in [0.25, 0.3) is 0 Å². The average molecular weight is 360 g/mol. The van der Waals surface area contributed by atoms with Crippen LogP contribution in [0, 0.1) is 0 Å². The molecule has 0 aliphatic carbocycles. The van der Waals surface area contributed by atoms with Gasteiger partial charge in [-0.25, -0.2) is 0 Å². The summed E-state index contributed by atoms with van der Waals surface area (Å²) in [5.41, 5.74) is 3.40. The number of hydrogen-bond donors (Lipinski definition) is 1. The second-order valence-electron chi connectivity index (χ2n) is 6.57. The van der Waals surface area contributed by atoms with Crippen molar-refractivity contribution in [1.82, 2.24) is 0 Å². The van der Waals surface area contributed by atoms with Crippen LogP contribution in [-0.4, -0.2) is 24.6 Å². The van der Waals surface area contributed by atoms with E-state index in [0.717, 1.165) is 17.4 Å². The Bertz CT molecular complexity index is 919. The number of phenolic OH excluding ortho intramolecular Hbond substituents is 1. The predicted octanol–water partition coefficient (Wildman–Crippen LogP) is 4.28. The lowest BCUT2D eigenvalue weighted by atomic mass is 9.76. The van der Waals surface area contributed by atoms with Crippen molar-refractivity contribution in [3.05, 3.63) is 89.5 Å². The van der Waals surface area contributed by atoms with Crippen molar-refractivity contribution < 1.29 is 19.4 Å². The first kappa shape index (κ1) is 17.2. The minimum absolute atomic E-state index is 0.0470. The fourth-order valence-corrected chi connectivity index (χ4v) is 3.70. The van der Waals surface area contributed by atoms with Crippen molar-refractivity contribution in [3.8, 4) is 17.2 Å². The van der Waals surface area contributed by atoms with Gasteiger partial charge in [0.2, 0.25) is 0 Å². The van der Waals surface area contributed by atoms with E-state index in [1.54, 1.807) is 12.1 Å². The maximum Gasteiger partial charge on any atom is 0.157 e. The van der Waals surface area contributed by atoms with Crippen molar-refractivity contribution >= 4 is 6.29 Å². The molecule has 0 aromatic heterocycles. The van der Waals surface area contributed by atoms with Gasteiger partial charge in [0, 0.05) is 23.5 Å². The van der Waals surface area contributed by atoms with E-state index in [9.17, 15) is 9.90 Å².